The van der Waals surface area contributed by atoms with E-state index in [-0.39, 0.29) is 11.3 Å². The van der Waals surface area contributed by atoms with Crippen LogP contribution in [0.15, 0.2) is 51.7 Å². The van der Waals surface area contributed by atoms with Crippen molar-refractivity contribution in [2.45, 2.75) is 13.0 Å². The lowest BCUT2D eigenvalue weighted by molar-refractivity contribution is 0.317. The van der Waals surface area contributed by atoms with E-state index in [9.17, 15) is 9.90 Å². The van der Waals surface area contributed by atoms with Crippen LogP contribution in [0.25, 0.3) is 11.3 Å². The third kappa shape index (κ3) is 3.22. The molecule has 0 radical (unpaired) electrons. The highest BCUT2D eigenvalue weighted by atomic mass is 79.9. The average Bonchev–Trinajstić information content (AvgIpc) is 3.24. The fraction of sp³-hybridized carbons (Fsp3) is 0.150. The van der Waals surface area contributed by atoms with Crippen molar-refractivity contribution < 1.29 is 9.84 Å². The molecule has 0 fully saturated rings. The van der Waals surface area contributed by atoms with Gasteiger partial charge < -0.3 is 15.2 Å². The van der Waals surface area contributed by atoms with Crippen molar-refractivity contribution in [2.24, 2.45) is 0 Å². The average molecular weight is 482 g/mol. The van der Waals surface area contributed by atoms with Gasteiger partial charge in [0.25, 0.3) is 5.56 Å². The minimum absolute atomic E-state index is 0.0221. The second kappa shape index (κ2) is 7.51. The molecule has 3 N–H and O–H groups in total. The number of anilines is 2. The van der Waals surface area contributed by atoms with Crippen LogP contribution in [0.2, 0.25) is 0 Å². The Kier molecular flexibility index (Phi) is 4.66. The molecule has 0 spiro atoms. The number of hydrogen-bond acceptors (Lipinski definition) is 8. The van der Waals surface area contributed by atoms with Gasteiger partial charge in [-0.3, -0.25) is 4.79 Å². The van der Waals surface area contributed by atoms with Gasteiger partial charge in [-0.2, -0.15) is 9.78 Å². The molecule has 5 rings (SSSR count). The Labute approximate surface area is 184 Å². The molecule has 1 unspecified atom stereocenters. The summed E-state index contributed by atoms with van der Waals surface area (Å²) in [5, 5.41) is 32.0. The van der Waals surface area contributed by atoms with Crippen molar-refractivity contribution in [3.05, 3.63) is 68.4 Å². The lowest BCUT2D eigenvalue weighted by Gasteiger charge is -2.28. The molecular weight excluding hydrogens is 466 g/mol. The number of benzene rings is 2. The number of nitrogens with zero attached hydrogens (tertiary/aromatic N) is 5. The number of aromatic hydroxyl groups is 1. The fourth-order valence-electron chi connectivity index (χ4n) is 3.65. The molecule has 0 bridgehead atoms. The molecule has 0 saturated heterocycles. The topological polar surface area (TPSA) is 131 Å². The van der Waals surface area contributed by atoms with Gasteiger partial charge >= 0.3 is 0 Å². The van der Waals surface area contributed by atoms with Gasteiger partial charge in [-0.1, -0.05) is 39.2 Å². The lowest BCUT2D eigenvalue weighted by atomic mass is 9.92. The lowest BCUT2D eigenvalue weighted by Crippen LogP contribution is -2.29. The minimum atomic E-state index is -0.575. The number of H-pyrrole nitrogens is 1. The van der Waals surface area contributed by atoms with Crippen LogP contribution in [0, 0.1) is 0 Å². The van der Waals surface area contributed by atoms with Crippen LogP contribution >= 0.6 is 15.9 Å². The molecule has 31 heavy (non-hydrogen) atoms. The van der Waals surface area contributed by atoms with Crippen molar-refractivity contribution in [1.82, 2.24) is 30.4 Å². The molecule has 1 atom stereocenters. The van der Waals surface area contributed by atoms with Crippen molar-refractivity contribution in [2.75, 3.05) is 11.9 Å². The summed E-state index contributed by atoms with van der Waals surface area (Å²) >= 11 is 3.44. The SMILES string of the molecule is CCOc1cc(C2c3c(-c4ccc(Br)cc4)n[nH]c(=O)c3Nc3nnnn32)ccc1O. The van der Waals surface area contributed by atoms with Crippen LogP contribution in [0.4, 0.5) is 11.6 Å². The number of phenolic OH excluding ortho intramolecular Hbond substituents is 1. The normalized spacial score (nSPS) is 14.5. The van der Waals surface area contributed by atoms with E-state index in [0.717, 1.165) is 15.6 Å². The third-order valence-corrected chi connectivity index (χ3v) is 5.51. The van der Waals surface area contributed by atoms with Gasteiger partial charge in [0.15, 0.2) is 11.5 Å². The molecule has 4 aromatic rings. The van der Waals surface area contributed by atoms with Crippen LogP contribution in [-0.4, -0.2) is 42.1 Å². The number of fused-ring (bicyclic) bond motifs is 2. The van der Waals surface area contributed by atoms with E-state index < -0.39 is 6.04 Å². The van der Waals surface area contributed by atoms with Crippen molar-refractivity contribution in [3.63, 3.8) is 0 Å². The van der Waals surface area contributed by atoms with E-state index in [4.69, 9.17) is 4.74 Å². The highest BCUT2D eigenvalue weighted by Gasteiger charge is 2.34. The molecule has 1 aliphatic rings. The maximum absolute atomic E-state index is 12.7. The van der Waals surface area contributed by atoms with E-state index in [1.54, 1.807) is 22.9 Å². The van der Waals surface area contributed by atoms with E-state index in [1.807, 2.05) is 31.2 Å². The van der Waals surface area contributed by atoms with Crippen molar-refractivity contribution >= 4 is 27.6 Å². The quantitative estimate of drug-likeness (QED) is 0.357. The van der Waals surface area contributed by atoms with Crippen LogP contribution < -0.4 is 15.6 Å². The molecule has 2 aromatic carbocycles. The Balaban J connectivity index is 1.78. The number of hydrogen-bond donors (Lipinski definition) is 3. The zero-order chi connectivity index (χ0) is 21.5. The largest absolute Gasteiger partial charge is 0.504 e. The molecule has 11 heteroatoms. The number of ether oxygens (including phenoxy) is 1. The van der Waals surface area contributed by atoms with Crippen molar-refractivity contribution in [3.8, 4) is 22.8 Å². The monoisotopic (exact) mass is 481 g/mol. The van der Waals surface area contributed by atoms with E-state index in [0.29, 0.717) is 35.2 Å². The Bertz CT molecular complexity index is 1330. The predicted octanol–water partition coefficient (Wildman–Crippen LogP) is 2.98. The van der Waals surface area contributed by atoms with Crippen LogP contribution in [0.3, 0.4) is 0 Å². The summed E-state index contributed by atoms with van der Waals surface area (Å²) in [5.74, 6) is 0.675. The smallest absolute Gasteiger partial charge is 0.288 e. The van der Waals surface area contributed by atoms with Gasteiger partial charge in [-0.15, -0.1) is 0 Å². The highest BCUT2D eigenvalue weighted by molar-refractivity contribution is 9.10. The number of aromatic nitrogens is 6. The number of tetrazole rings is 1. The number of aromatic amines is 1. The summed E-state index contributed by atoms with van der Waals surface area (Å²) in [6.07, 6.45) is 0. The first-order valence-electron chi connectivity index (χ1n) is 9.46. The second-order valence-electron chi connectivity index (χ2n) is 6.83. The van der Waals surface area contributed by atoms with E-state index in [2.05, 4.69) is 47.0 Å². The maximum atomic E-state index is 12.7. The Morgan fingerprint density at radius 2 is 2.03 bits per heavy atom. The van der Waals surface area contributed by atoms with Crippen LogP contribution in [-0.2, 0) is 0 Å². The van der Waals surface area contributed by atoms with Crippen LogP contribution in [0.1, 0.15) is 24.1 Å². The first kappa shape index (κ1) is 19.2. The predicted molar refractivity (Wildman–Crippen MR) is 116 cm³/mol. The molecule has 0 aliphatic carbocycles. The minimum Gasteiger partial charge on any atom is -0.504 e. The molecular formula is C20H16BrN7O3. The zero-order valence-corrected chi connectivity index (χ0v) is 17.8. The maximum Gasteiger partial charge on any atom is 0.288 e. The highest BCUT2D eigenvalue weighted by Crippen LogP contribution is 2.42. The molecule has 10 nitrogen and oxygen atoms in total. The Hall–Kier alpha value is -3.73. The molecule has 2 aromatic heterocycles. The van der Waals surface area contributed by atoms with Crippen molar-refractivity contribution in [1.29, 1.82) is 0 Å². The molecule has 1 aliphatic heterocycles. The number of halogens is 1. The summed E-state index contributed by atoms with van der Waals surface area (Å²) in [6.45, 7) is 2.22. The van der Waals surface area contributed by atoms with Gasteiger partial charge in [0.2, 0.25) is 5.95 Å². The van der Waals surface area contributed by atoms with Gasteiger partial charge in [0, 0.05) is 15.6 Å². The van der Waals surface area contributed by atoms with Gasteiger partial charge in [0.05, 0.1) is 12.3 Å². The van der Waals surface area contributed by atoms with Crippen LogP contribution in [0.5, 0.6) is 11.5 Å². The molecule has 0 saturated carbocycles. The fourth-order valence-corrected chi connectivity index (χ4v) is 3.91. The number of phenols is 1. The third-order valence-electron chi connectivity index (χ3n) is 4.99. The van der Waals surface area contributed by atoms with E-state index >= 15 is 0 Å². The number of nitrogens with one attached hydrogen (secondary N) is 2. The summed E-state index contributed by atoms with van der Waals surface area (Å²) in [7, 11) is 0. The first-order chi connectivity index (χ1) is 15.1. The Morgan fingerprint density at radius 1 is 1.23 bits per heavy atom. The van der Waals surface area contributed by atoms with E-state index in [1.165, 1.54) is 0 Å². The number of rotatable bonds is 4. The molecule has 3 heterocycles. The van der Waals surface area contributed by atoms with Gasteiger partial charge in [0.1, 0.15) is 11.7 Å². The standard InChI is InChI=1S/C20H16BrN7O3/c1-2-31-14-9-11(5-8-13(14)29)18-15-16(10-3-6-12(21)7-4-10)23-24-19(30)17(15)22-20-25-26-27-28(18)20/h3-9,18,29H,2H2,1H3,(H,24,30)(H,22,25,27). The zero-order valence-electron chi connectivity index (χ0n) is 16.2. The molecule has 0 amide bonds. The van der Waals surface area contributed by atoms with Gasteiger partial charge in [-0.05, 0) is 47.2 Å². The summed E-state index contributed by atoms with van der Waals surface area (Å²) in [4.78, 5) is 12.7. The summed E-state index contributed by atoms with van der Waals surface area (Å²) in [5.41, 5.74) is 2.64. The van der Waals surface area contributed by atoms with Gasteiger partial charge in [-0.25, -0.2) is 5.10 Å². The Morgan fingerprint density at radius 3 is 2.81 bits per heavy atom. The first-order valence-corrected chi connectivity index (χ1v) is 10.2. The summed E-state index contributed by atoms with van der Waals surface area (Å²) < 4.78 is 8.06. The summed E-state index contributed by atoms with van der Waals surface area (Å²) in [6, 6.07) is 12.0. The molecule has 156 valence electrons. The second-order valence-corrected chi connectivity index (χ2v) is 7.75.